The molecule has 2 aromatic heterocycles. The van der Waals surface area contributed by atoms with Crippen molar-refractivity contribution >= 4 is 44.7 Å². The van der Waals surface area contributed by atoms with Crippen LogP contribution in [0.15, 0.2) is 68.6 Å². The van der Waals surface area contributed by atoms with Crippen LogP contribution in [0.1, 0.15) is 22.2 Å². The van der Waals surface area contributed by atoms with Gasteiger partial charge >= 0.3 is 0 Å². The lowest BCUT2D eigenvalue weighted by Crippen LogP contribution is -2.28. The van der Waals surface area contributed by atoms with E-state index in [1.54, 1.807) is 43.5 Å². The van der Waals surface area contributed by atoms with Crippen LogP contribution in [0.4, 0.5) is 0 Å². The standard InChI is InChI=1S/C21H16BrNO5S/c1-27-13-6-4-12(5-7-13)19(24)17-18(15-8-9-16(22)28-15)23(21(26)20(17)25)11-14-3-2-10-29-14/h2-10,18,24H,11H2,1H3/b19-17+. The molecule has 0 radical (unpaired) electrons. The maximum Gasteiger partial charge on any atom is 0.296 e. The van der Waals surface area contributed by atoms with Crippen molar-refractivity contribution in [3.63, 3.8) is 0 Å². The minimum atomic E-state index is -0.828. The number of ketones is 1. The second kappa shape index (κ2) is 7.88. The third kappa shape index (κ3) is 3.61. The molecule has 1 aliphatic rings. The highest BCUT2D eigenvalue weighted by Gasteiger charge is 2.47. The van der Waals surface area contributed by atoms with Gasteiger partial charge < -0.3 is 19.2 Å². The first kappa shape index (κ1) is 19.5. The van der Waals surface area contributed by atoms with Gasteiger partial charge in [-0.05, 0) is 63.8 Å². The second-order valence-corrected chi connectivity index (χ2v) is 8.19. The van der Waals surface area contributed by atoms with Gasteiger partial charge in [0, 0.05) is 10.4 Å². The third-order valence-corrected chi connectivity index (χ3v) is 5.96. The van der Waals surface area contributed by atoms with E-state index < -0.39 is 17.7 Å². The van der Waals surface area contributed by atoms with E-state index in [-0.39, 0.29) is 17.9 Å². The highest BCUT2D eigenvalue weighted by atomic mass is 79.9. The molecule has 0 aliphatic carbocycles. The molecule has 1 aromatic carbocycles. The monoisotopic (exact) mass is 473 g/mol. The highest BCUT2D eigenvalue weighted by molar-refractivity contribution is 9.10. The number of carbonyl (C=O) groups is 2. The molecule has 148 valence electrons. The molecule has 1 unspecified atom stereocenters. The maximum atomic E-state index is 12.9. The number of halogens is 1. The van der Waals surface area contributed by atoms with Gasteiger partial charge in [-0.2, -0.15) is 0 Å². The SMILES string of the molecule is COc1ccc(/C(O)=C2\C(=O)C(=O)N(Cc3cccs3)C2c2ccc(Br)o2)cc1. The summed E-state index contributed by atoms with van der Waals surface area (Å²) in [7, 11) is 1.54. The van der Waals surface area contributed by atoms with Crippen molar-refractivity contribution < 1.29 is 23.8 Å². The van der Waals surface area contributed by atoms with E-state index >= 15 is 0 Å². The van der Waals surface area contributed by atoms with Crippen LogP contribution in [-0.4, -0.2) is 28.8 Å². The van der Waals surface area contributed by atoms with Crippen LogP contribution in [0.5, 0.6) is 5.75 Å². The van der Waals surface area contributed by atoms with Crippen LogP contribution >= 0.6 is 27.3 Å². The maximum absolute atomic E-state index is 12.9. The molecule has 0 bridgehead atoms. The fourth-order valence-corrected chi connectivity index (χ4v) is 4.31. The number of carbonyl (C=O) groups excluding carboxylic acids is 2. The summed E-state index contributed by atoms with van der Waals surface area (Å²) < 4.78 is 11.3. The first-order valence-electron chi connectivity index (χ1n) is 8.70. The van der Waals surface area contributed by atoms with Gasteiger partial charge in [-0.25, -0.2) is 0 Å². The van der Waals surface area contributed by atoms with Crippen molar-refractivity contribution in [2.45, 2.75) is 12.6 Å². The molecule has 6 nitrogen and oxygen atoms in total. The minimum absolute atomic E-state index is 0.00132. The largest absolute Gasteiger partial charge is 0.507 e. The van der Waals surface area contributed by atoms with Gasteiger partial charge in [0.15, 0.2) is 4.67 Å². The molecule has 8 heteroatoms. The number of amides is 1. The number of hydrogen-bond donors (Lipinski definition) is 1. The fraction of sp³-hybridized carbons (Fsp3) is 0.143. The molecule has 3 aromatic rings. The van der Waals surface area contributed by atoms with Gasteiger partial charge in [-0.3, -0.25) is 9.59 Å². The zero-order valence-corrected chi connectivity index (χ0v) is 17.7. The van der Waals surface area contributed by atoms with Gasteiger partial charge in [0.25, 0.3) is 11.7 Å². The Morgan fingerprint density at radius 2 is 1.97 bits per heavy atom. The summed E-state index contributed by atoms with van der Waals surface area (Å²) in [5, 5.41) is 12.8. The number of likely N-dealkylation sites (tertiary alicyclic amines) is 1. The Balaban J connectivity index is 1.83. The van der Waals surface area contributed by atoms with E-state index in [9.17, 15) is 14.7 Å². The van der Waals surface area contributed by atoms with Crippen LogP contribution in [0.3, 0.4) is 0 Å². The average molecular weight is 474 g/mol. The third-order valence-electron chi connectivity index (χ3n) is 4.67. The summed E-state index contributed by atoms with van der Waals surface area (Å²) in [6, 6.07) is 12.9. The summed E-state index contributed by atoms with van der Waals surface area (Å²) in [6.07, 6.45) is 0. The lowest BCUT2D eigenvalue weighted by atomic mass is 9.99. The number of benzene rings is 1. The Labute approximate surface area is 179 Å². The Morgan fingerprint density at radius 1 is 1.21 bits per heavy atom. The van der Waals surface area contributed by atoms with E-state index in [0.717, 1.165) is 4.88 Å². The number of aliphatic hydroxyl groups is 1. The Kier molecular flexibility index (Phi) is 5.29. The van der Waals surface area contributed by atoms with Gasteiger partial charge in [0.2, 0.25) is 0 Å². The van der Waals surface area contributed by atoms with Crippen molar-refractivity contribution in [3.05, 3.63) is 80.4 Å². The number of ether oxygens (including phenoxy) is 1. The number of rotatable bonds is 5. The summed E-state index contributed by atoms with van der Waals surface area (Å²) in [4.78, 5) is 28.1. The number of furan rings is 1. The quantitative estimate of drug-likeness (QED) is 0.329. The molecule has 1 saturated heterocycles. The van der Waals surface area contributed by atoms with Crippen molar-refractivity contribution in [2.24, 2.45) is 0 Å². The molecule has 1 amide bonds. The van der Waals surface area contributed by atoms with E-state index in [4.69, 9.17) is 9.15 Å². The summed E-state index contributed by atoms with van der Waals surface area (Å²) >= 11 is 4.75. The summed E-state index contributed by atoms with van der Waals surface area (Å²) in [5.74, 6) is -0.663. The zero-order chi connectivity index (χ0) is 20.5. The van der Waals surface area contributed by atoms with Crippen LogP contribution in [0, 0.1) is 0 Å². The number of methoxy groups -OCH3 is 1. The normalized spacial score (nSPS) is 18.4. The summed E-state index contributed by atoms with van der Waals surface area (Å²) in [5.41, 5.74) is 0.411. The number of hydrogen-bond acceptors (Lipinski definition) is 6. The molecule has 1 N–H and O–H groups in total. The van der Waals surface area contributed by atoms with Gasteiger partial charge in [0.1, 0.15) is 23.3 Å². The summed E-state index contributed by atoms with van der Waals surface area (Å²) in [6.45, 7) is 0.241. The van der Waals surface area contributed by atoms with Crippen LogP contribution < -0.4 is 4.74 Å². The number of thiophene rings is 1. The molecule has 1 atom stereocenters. The molecule has 3 heterocycles. The average Bonchev–Trinajstić information content (AvgIpc) is 3.45. The van der Waals surface area contributed by atoms with E-state index in [2.05, 4.69) is 15.9 Å². The molecule has 0 saturated carbocycles. The Bertz CT molecular complexity index is 1080. The predicted molar refractivity (Wildman–Crippen MR) is 112 cm³/mol. The first-order valence-corrected chi connectivity index (χ1v) is 10.4. The second-order valence-electron chi connectivity index (χ2n) is 6.38. The number of Topliss-reactive ketones (excluding diaryl/α,β-unsaturated/α-hetero) is 1. The fourth-order valence-electron chi connectivity index (χ4n) is 3.29. The molecule has 0 spiro atoms. The molecule has 1 fully saturated rings. The molecular weight excluding hydrogens is 458 g/mol. The molecule has 29 heavy (non-hydrogen) atoms. The molecular formula is C21H16BrNO5S. The van der Waals surface area contributed by atoms with E-state index in [1.165, 1.54) is 16.2 Å². The van der Waals surface area contributed by atoms with Gasteiger partial charge in [0.05, 0.1) is 19.2 Å². The zero-order valence-electron chi connectivity index (χ0n) is 15.3. The Morgan fingerprint density at radius 3 is 2.55 bits per heavy atom. The van der Waals surface area contributed by atoms with E-state index in [0.29, 0.717) is 21.7 Å². The lowest BCUT2D eigenvalue weighted by molar-refractivity contribution is -0.140. The highest BCUT2D eigenvalue weighted by Crippen LogP contribution is 2.41. The van der Waals surface area contributed by atoms with Crippen LogP contribution in [0.2, 0.25) is 0 Å². The van der Waals surface area contributed by atoms with Gasteiger partial charge in [-0.15, -0.1) is 11.3 Å². The lowest BCUT2D eigenvalue weighted by Gasteiger charge is -2.22. The topological polar surface area (TPSA) is 80.0 Å². The van der Waals surface area contributed by atoms with Gasteiger partial charge in [-0.1, -0.05) is 6.07 Å². The minimum Gasteiger partial charge on any atom is -0.507 e. The van der Waals surface area contributed by atoms with Crippen molar-refractivity contribution in [2.75, 3.05) is 7.11 Å². The smallest absolute Gasteiger partial charge is 0.296 e. The van der Waals surface area contributed by atoms with Crippen molar-refractivity contribution in [1.82, 2.24) is 4.90 Å². The van der Waals surface area contributed by atoms with Crippen molar-refractivity contribution in [1.29, 1.82) is 0 Å². The predicted octanol–water partition coefficient (Wildman–Crippen LogP) is 4.73. The first-order chi connectivity index (χ1) is 14.0. The van der Waals surface area contributed by atoms with Crippen LogP contribution in [0.25, 0.3) is 5.76 Å². The molecule has 4 rings (SSSR count). The molecule has 1 aliphatic heterocycles. The number of nitrogens with zero attached hydrogens (tertiary/aromatic N) is 1. The van der Waals surface area contributed by atoms with Crippen molar-refractivity contribution in [3.8, 4) is 5.75 Å². The Hall–Kier alpha value is -2.84. The van der Waals surface area contributed by atoms with E-state index in [1.807, 2.05) is 17.5 Å². The number of aliphatic hydroxyl groups excluding tert-OH is 1. The van der Waals surface area contributed by atoms with Crippen LogP contribution in [-0.2, 0) is 16.1 Å².